The predicted molar refractivity (Wildman–Crippen MR) is 109 cm³/mol. The van der Waals surface area contributed by atoms with Crippen molar-refractivity contribution in [1.29, 1.82) is 0 Å². The maximum atomic E-state index is 5.31. The summed E-state index contributed by atoms with van der Waals surface area (Å²) in [5.41, 5.74) is 0. The smallest absolute Gasteiger partial charge is 0.191 e. The number of hydrogen-bond acceptors (Lipinski definition) is 3. The summed E-state index contributed by atoms with van der Waals surface area (Å²) in [6.45, 7) is 3.87. The fraction of sp³-hybridized carbons (Fsp3) is 0.353. The number of guanidine groups is 1. The molecule has 2 aromatic rings. The van der Waals surface area contributed by atoms with Gasteiger partial charge in [-0.3, -0.25) is 4.99 Å². The van der Waals surface area contributed by atoms with E-state index in [1.54, 1.807) is 13.3 Å². The van der Waals surface area contributed by atoms with Crippen LogP contribution in [0.1, 0.15) is 12.7 Å². The summed E-state index contributed by atoms with van der Waals surface area (Å²) >= 11 is 1.86. The normalized spacial score (nSPS) is 12.3. The topological polar surface area (TPSA) is 49.6 Å². The van der Waals surface area contributed by atoms with E-state index in [2.05, 4.69) is 46.8 Å². The van der Waals surface area contributed by atoms with Crippen LogP contribution in [0.15, 0.2) is 63.0 Å². The third-order valence-corrected chi connectivity index (χ3v) is 4.22. The van der Waals surface area contributed by atoms with Crippen molar-refractivity contribution in [3.63, 3.8) is 0 Å². The van der Waals surface area contributed by atoms with Crippen molar-refractivity contribution in [1.82, 2.24) is 10.6 Å². The van der Waals surface area contributed by atoms with Crippen molar-refractivity contribution < 1.29 is 4.42 Å². The molecule has 1 aromatic carbocycles. The summed E-state index contributed by atoms with van der Waals surface area (Å²) in [6.07, 6.45) is 2.55. The molecule has 6 heteroatoms. The van der Waals surface area contributed by atoms with Crippen molar-refractivity contribution in [2.45, 2.75) is 23.5 Å². The van der Waals surface area contributed by atoms with Crippen molar-refractivity contribution in [2.24, 2.45) is 4.99 Å². The third kappa shape index (κ3) is 7.78. The number of aliphatic imine (C=N–C) groups is 1. The van der Waals surface area contributed by atoms with Gasteiger partial charge in [0, 0.05) is 36.7 Å². The Balaban J connectivity index is 0.00000264. The van der Waals surface area contributed by atoms with E-state index < -0.39 is 0 Å². The third-order valence-electron chi connectivity index (χ3n) is 3.10. The fourth-order valence-electron chi connectivity index (χ4n) is 1.99. The summed E-state index contributed by atoms with van der Waals surface area (Å²) in [7, 11) is 1.79. The Hall–Kier alpha value is -1.15. The van der Waals surface area contributed by atoms with E-state index in [0.717, 1.165) is 31.2 Å². The van der Waals surface area contributed by atoms with E-state index in [-0.39, 0.29) is 24.0 Å². The average molecular weight is 445 g/mol. The minimum Gasteiger partial charge on any atom is -0.469 e. The van der Waals surface area contributed by atoms with Gasteiger partial charge in [0.1, 0.15) is 5.76 Å². The second-order valence-corrected chi connectivity index (χ2v) is 6.46. The number of furan rings is 1. The minimum absolute atomic E-state index is 0. The molecule has 0 aliphatic carbocycles. The highest BCUT2D eigenvalue weighted by Gasteiger charge is 2.06. The first-order chi connectivity index (χ1) is 10.8. The highest BCUT2D eigenvalue weighted by molar-refractivity contribution is 14.0. The number of thioether (sulfide) groups is 1. The molecule has 0 aliphatic rings. The van der Waals surface area contributed by atoms with Crippen LogP contribution in [0.5, 0.6) is 0 Å². The molecule has 0 aliphatic heterocycles. The Morgan fingerprint density at radius 3 is 2.61 bits per heavy atom. The lowest BCUT2D eigenvalue weighted by Crippen LogP contribution is -2.40. The molecule has 1 heterocycles. The highest BCUT2D eigenvalue weighted by Crippen LogP contribution is 2.21. The first-order valence-corrected chi connectivity index (χ1v) is 8.34. The van der Waals surface area contributed by atoms with Crippen LogP contribution in [-0.2, 0) is 6.42 Å². The van der Waals surface area contributed by atoms with Crippen molar-refractivity contribution in [3.8, 4) is 0 Å². The van der Waals surface area contributed by atoms with Gasteiger partial charge in [-0.1, -0.05) is 25.1 Å². The molecule has 0 saturated heterocycles. The van der Waals surface area contributed by atoms with Gasteiger partial charge in [0.15, 0.2) is 5.96 Å². The number of hydrogen-bond donors (Lipinski definition) is 2. The molecule has 0 radical (unpaired) electrons. The van der Waals surface area contributed by atoms with Crippen molar-refractivity contribution >= 4 is 41.7 Å². The number of halogens is 1. The molecule has 0 saturated carbocycles. The maximum absolute atomic E-state index is 5.31. The number of nitrogens with zero attached hydrogens (tertiary/aromatic N) is 1. The van der Waals surface area contributed by atoms with Gasteiger partial charge in [-0.2, -0.15) is 0 Å². The Morgan fingerprint density at radius 1 is 1.17 bits per heavy atom. The molecule has 0 spiro atoms. The first kappa shape index (κ1) is 19.9. The van der Waals surface area contributed by atoms with E-state index in [1.807, 2.05) is 30.0 Å². The summed E-state index contributed by atoms with van der Waals surface area (Å²) in [4.78, 5) is 5.53. The predicted octanol–water partition coefficient (Wildman–Crippen LogP) is 3.79. The van der Waals surface area contributed by atoms with E-state index in [1.165, 1.54) is 4.90 Å². The van der Waals surface area contributed by atoms with Crippen LogP contribution in [0.25, 0.3) is 0 Å². The van der Waals surface area contributed by atoms with Crippen LogP contribution in [0.3, 0.4) is 0 Å². The lowest BCUT2D eigenvalue weighted by Gasteiger charge is -2.15. The molecule has 2 N–H and O–H groups in total. The van der Waals surface area contributed by atoms with Crippen LogP contribution in [0.4, 0.5) is 0 Å². The van der Waals surface area contributed by atoms with Gasteiger partial charge in [0.25, 0.3) is 0 Å². The molecular formula is C17H24IN3OS. The lowest BCUT2D eigenvalue weighted by atomic mass is 10.3. The molecule has 126 valence electrons. The molecule has 0 bridgehead atoms. The number of benzene rings is 1. The molecule has 2 rings (SSSR count). The molecule has 1 atom stereocenters. The average Bonchev–Trinajstić information content (AvgIpc) is 3.05. The fourth-order valence-corrected chi connectivity index (χ4v) is 2.94. The van der Waals surface area contributed by atoms with Gasteiger partial charge in [-0.05, 0) is 24.3 Å². The summed E-state index contributed by atoms with van der Waals surface area (Å²) in [5.74, 6) is 1.81. The number of rotatable bonds is 7. The van der Waals surface area contributed by atoms with E-state index in [9.17, 15) is 0 Å². The van der Waals surface area contributed by atoms with E-state index >= 15 is 0 Å². The monoisotopic (exact) mass is 445 g/mol. The van der Waals surface area contributed by atoms with Gasteiger partial charge in [-0.25, -0.2) is 0 Å². The standard InChI is InChI=1S/C17H23N3OS.HI/c1-14(22-16-8-4-3-5-9-16)13-20-17(18-2)19-11-10-15-7-6-12-21-15;/h3-9,12,14H,10-11,13H2,1-2H3,(H2,18,19,20);1H. The van der Waals surface area contributed by atoms with Crippen LogP contribution >= 0.6 is 35.7 Å². The van der Waals surface area contributed by atoms with E-state index in [4.69, 9.17) is 4.42 Å². The summed E-state index contributed by atoms with van der Waals surface area (Å²) in [6, 6.07) is 14.3. The molecule has 1 unspecified atom stereocenters. The van der Waals surface area contributed by atoms with Gasteiger partial charge < -0.3 is 15.1 Å². The highest BCUT2D eigenvalue weighted by atomic mass is 127. The van der Waals surface area contributed by atoms with Crippen molar-refractivity contribution in [2.75, 3.05) is 20.1 Å². The molecule has 23 heavy (non-hydrogen) atoms. The van der Waals surface area contributed by atoms with Crippen molar-refractivity contribution in [3.05, 3.63) is 54.5 Å². The Kier molecular flexibility index (Phi) is 9.86. The molecule has 4 nitrogen and oxygen atoms in total. The van der Waals surface area contributed by atoms with Crippen LogP contribution in [0.2, 0.25) is 0 Å². The second kappa shape index (κ2) is 11.4. The molecule has 1 aromatic heterocycles. The number of nitrogens with one attached hydrogen (secondary N) is 2. The van der Waals surface area contributed by atoms with Crippen LogP contribution < -0.4 is 10.6 Å². The Labute approximate surface area is 159 Å². The molecule has 0 fully saturated rings. The van der Waals surface area contributed by atoms with Crippen LogP contribution in [0, 0.1) is 0 Å². The second-order valence-electron chi connectivity index (χ2n) is 4.95. The first-order valence-electron chi connectivity index (χ1n) is 7.46. The SMILES string of the molecule is CN=C(NCCc1ccco1)NCC(C)Sc1ccccc1.I. The zero-order valence-corrected chi connectivity index (χ0v) is 16.6. The largest absolute Gasteiger partial charge is 0.469 e. The van der Waals surface area contributed by atoms with Gasteiger partial charge in [0.05, 0.1) is 6.26 Å². The molecule has 0 amide bonds. The quantitative estimate of drug-likeness (QED) is 0.295. The van der Waals surface area contributed by atoms with Gasteiger partial charge in [0.2, 0.25) is 0 Å². The molecular weight excluding hydrogens is 421 g/mol. The summed E-state index contributed by atoms with van der Waals surface area (Å²) in [5, 5.41) is 7.12. The summed E-state index contributed by atoms with van der Waals surface area (Å²) < 4.78 is 5.31. The Bertz CT molecular complexity index is 560. The van der Waals surface area contributed by atoms with Gasteiger partial charge in [-0.15, -0.1) is 35.7 Å². The zero-order valence-electron chi connectivity index (χ0n) is 13.5. The Morgan fingerprint density at radius 2 is 1.96 bits per heavy atom. The maximum Gasteiger partial charge on any atom is 0.191 e. The minimum atomic E-state index is 0. The van der Waals surface area contributed by atoms with Gasteiger partial charge >= 0.3 is 0 Å². The van der Waals surface area contributed by atoms with Crippen LogP contribution in [-0.4, -0.2) is 31.3 Å². The zero-order chi connectivity index (χ0) is 15.6. The van der Waals surface area contributed by atoms with E-state index in [0.29, 0.717) is 5.25 Å². The lowest BCUT2D eigenvalue weighted by molar-refractivity contribution is 0.507.